The summed E-state index contributed by atoms with van der Waals surface area (Å²) in [6.07, 6.45) is 6.32. The van der Waals surface area contributed by atoms with Crippen LogP contribution in [0.4, 0.5) is 5.69 Å². The van der Waals surface area contributed by atoms with Gasteiger partial charge in [-0.1, -0.05) is 6.07 Å². The number of carbonyl (C=O) groups excluding carboxylic acids is 1. The number of pyridine rings is 1. The lowest BCUT2D eigenvalue weighted by Crippen LogP contribution is -2.31. The van der Waals surface area contributed by atoms with Gasteiger partial charge in [-0.2, -0.15) is 0 Å². The number of anilines is 1. The van der Waals surface area contributed by atoms with Crippen molar-refractivity contribution in [2.24, 2.45) is 0 Å². The summed E-state index contributed by atoms with van der Waals surface area (Å²) < 4.78 is 0. The van der Waals surface area contributed by atoms with Crippen LogP contribution in [0.2, 0.25) is 0 Å². The Morgan fingerprint density at radius 1 is 1.18 bits per heavy atom. The number of hydrogen-bond donors (Lipinski definition) is 2. The minimum Gasteiger partial charge on any atom is -0.399 e. The summed E-state index contributed by atoms with van der Waals surface area (Å²) in [6.45, 7) is 0. The minimum absolute atomic E-state index is 0. The van der Waals surface area contributed by atoms with Crippen molar-refractivity contribution in [1.82, 2.24) is 10.3 Å². The fourth-order valence-corrected chi connectivity index (χ4v) is 2.73. The zero-order valence-corrected chi connectivity index (χ0v) is 13.6. The van der Waals surface area contributed by atoms with Gasteiger partial charge in [0, 0.05) is 23.6 Å². The van der Waals surface area contributed by atoms with Gasteiger partial charge in [0.2, 0.25) is 0 Å². The SMILES string of the molecule is Cl.Cl.Nc1ccc2c(c1)CCCC2NC(=O)c1ccncc1. The number of nitrogens with zero attached hydrogens (tertiary/aromatic N) is 1. The molecule has 118 valence electrons. The van der Waals surface area contributed by atoms with E-state index in [9.17, 15) is 4.79 Å². The number of benzene rings is 1. The zero-order valence-electron chi connectivity index (χ0n) is 12.0. The summed E-state index contributed by atoms with van der Waals surface area (Å²) in [7, 11) is 0. The Bertz CT molecular complexity index is 635. The average Bonchev–Trinajstić information content (AvgIpc) is 2.48. The number of nitrogen functional groups attached to an aromatic ring is 1. The second kappa shape index (κ2) is 8.01. The largest absolute Gasteiger partial charge is 0.399 e. The smallest absolute Gasteiger partial charge is 0.251 e. The summed E-state index contributed by atoms with van der Waals surface area (Å²) in [5, 5.41) is 3.10. The lowest BCUT2D eigenvalue weighted by molar-refractivity contribution is 0.0932. The first-order chi connectivity index (χ1) is 9.74. The summed E-state index contributed by atoms with van der Waals surface area (Å²) in [4.78, 5) is 16.2. The number of aryl methyl sites for hydroxylation is 1. The summed E-state index contributed by atoms with van der Waals surface area (Å²) in [6, 6.07) is 9.46. The minimum atomic E-state index is -0.0536. The van der Waals surface area contributed by atoms with E-state index in [1.165, 1.54) is 11.1 Å². The summed E-state index contributed by atoms with van der Waals surface area (Å²) in [5.74, 6) is -0.0536. The molecule has 2 aromatic rings. The van der Waals surface area contributed by atoms with Crippen LogP contribution in [0.15, 0.2) is 42.7 Å². The molecule has 0 saturated heterocycles. The van der Waals surface area contributed by atoms with Crippen molar-refractivity contribution in [3.63, 3.8) is 0 Å². The van der Waals surface area contributed by atoms with E-state index in [0.29, 0.717) is 5.56 Å². The van der Waals surface area contributed by atoms with Gasteiger partial charge in [0.1, 0.15) is 0 Å². The molecule has 1 atom stereocenters. The number of halogens is 2. The molecule has 1 heterocycles. The van der Waals surface area contributed by atoms with E-state index < -0.39 is 0 Å². The quantitative estimate of drug-likeness (QED) is 0.824. The van der Waals surface area contributed by atoms with Gasteiger partial charge in [-0.15, -0.1) is 24.8 Å². The Morgan fingerprint density at radius 2 is 1.91 bits per heavy atom. The number of nitrogens with one attached hydrogen (secondary N) is 1. The second-order valence-corrected chi connectivity index (χ2v) is 5.11. The van der Waals surface area contributed by atoms with Crippen molar-refractivity contribution < 1.29 is 4.79 Å². The lowest BCUT2D eigenvalue weighted by Gasteiger charge is -2.26. The summed E-state index contributed by atoms with van der Waals surface area (Å²) >= 11 is 0. The van der Waals surface area contributed by atoms with Crippen molar-refractivity contribution in [2.75, 3.05) is 5.73 Å². The molecular formula is C16H19Cl2N3O. The van der Waals surface area contributed by atoms with Gasteiger partial charge in [0.15, 0.2) is 0 Å². The maximum absolute atomic E-state index is 12.2. The van der Waals surface area contributed by atoms with E-state index in [2.05, 4.69) is 10.3 Å². The van der Waals surface area contributed by atoms with Crippen molar-refractivity contribution in [3.8, 4) is 0 Å². The molecule has 3 rings (SSSR count). The molecule has 0 fully saturated rings. The zero-order chi connectivity index (χ0) is 13.9. The van der Waals surface area contributed by atoms with Crippen LogP contribution < -0.4 is 11.1 Å². The number of fused-ring (bicyclic) bond motifs is 1. The number of amides is 1. The molecule has 0 radical (unpaired) electrons. The predicted octanol–water partition coefficient (Wildman–Crippen LogP) is 3.31. The average molecular weight is 340 g/mol. The molecule has 22 heavy (non-hydrogen) atoms. The highest BCUT2D eigenvalue weighted by Gasteiger charge is 2.22. The standard InChI is InChI=1S/C16H17N3O.2ClH/c17-13-4-5-14-12(10-13)2-1-3-15(14)19-16(20)11-6-8-18-9-7-11;;/h4-10,15H,1-3,17H2,(H,19,20);2*1H. The highest BCUT2D eigenvalue weighted by atomic mass is 35.5. The van der Waals surface area contributed by atoms with Crippen molar-refractivity contribution in [2.45, 2.75) is 25.3 Å². The van der Waals surface area contributed by atoms with Crippen LogP contribution in [0.3, 0.4) is 0 Å². The van der Waals surface area contributed by atoms with E-state index in [4.69, 9.17) is 5.73 Å². The van der Waals surface area contributed by atoms with Gasteiger partial charge in [-0.05, 0) is 54.7 Å². The molecule has 4 nitrogen and oxygen atoms in total. The van der Waals surface area contributed by atoms with Gasteiger partial charge >= 0.3 is 0 Å². The molecule has 1 aromatic carbocycles. The number of rotatable bonds is 2. The van der Waals surface area contributed by atoms with Crippen LogP contribution in [0.25, 0.3) is 0 Å². The highest BCUT2D eigenvalue weighted by Crippen LogP contribution is 2.31. The van der Waals surface area contributed by atoms with Gasteiger partial charge in [0.25, 0.3) is 5.91 Å². The molecule has 1 aliphatic rings. The molecule has 3 N–H and O–H groups in total. The molecule has 1 aromatic heterocycles. The predicted molar refractivity (Wildman–Crippen MR) is 92.7 cm³/mol. The molecule has 1 amide bonds. The number of carbonyl (C=O) groups is 1. The van der Waals surface area contributed by atoms with Gasteiger partial charge in [0.05, 0.1) is 6.04 Å². The molecule has 0 spiro atoms. The molecule has 1 unspecified atom stereocenters. The second-order valence-electron chi connectivity index (χ2n) is 5.11. The van der Waals surface area contributed by atoms with Gasteiger partial charge < -0.3 is 11.1 Å². The normalized spacial score (nSPS) is 15.7. The van der Waals surface area contributed by atoms with Crippen LogP contribution >= 0.6 is 24.8 Å². The van der Waals surface area contributed by atoms with Gasteiger partial charge in [-0.25, -0.2) is 0 Å². The van der Waals surface area contributed by atoms with Crippen molar-refractivity contribution in [1.29, 1.82) is 0 Å². The van der Waals surface area contributed by atoms with E-state index in [0.717, 1.165) is 24.9 Å². The third-order valence-electron chi connectivity index (χ3n) is 3.73. The molecule has 1 aliphatic carbocycles. The topological polar surface area (TPSA) is 68.0 Å². The third kappa shape index (κ3) is 3.90. The first-order valence-corrected chi connectivity index (χ1v) is 6.83. The Kier molecular flexibility index (Phi) is 6.65. The number of hydrogen-bond acceptors (Lipinski definition) is 3. The molecule has 0 aliphatic heterocycles. The van der Waals surface area contributed by atoms with E-state index in [1.807, 2.05) is 18.2 Å². The van der Waals surface area contributed by atoms with E-state index in [1.54, 1.807) is 24.5 Å². The maximum Gasteiger partial charge on any atom is 0.251 e. The molecule has 0 saturated carbocycles. The van der Waals surface area contributed by atoms with Crippen molar-refractivity contribution >= 4 is 36.4 Å². The van der Waals surface area contributed by atoms with E-state index in [-0.39, 0.29) is 36.8 Å². The molecule has 0 bridgehead atoms. The Hall–Kier alpha value is -1.78. The van der Waals surface area contributed by atoms with Crippen LogP contribution in [0.1, 0.15) is 40.4 Å². The maximum atomic E-state index is 12.2. The first-order valence-electron chi connectivity index (χ1n) is 6.83. The monoisotopic (exact) mass is 339 g/mol. The first kappa shape index (κ1) is 18.3. The Labute approximate surface area is 142 Å². The van der Waals surface area contributed by atoms with E-state index >= 15 is 0 Å². The number of aromatic nitrogens is 1. The third-order valence-corrected chi connectivity index (χ3v) is 3.73. The fraction of sp³-hybridized carbons (Fsp3) is 0.250. The number of nitrogens with two attached hydrogens (primary N) is 1. The Balaban J connectivity index is 0.00000121. The van der Waals surface area contributed by atoms with Crippen LogP contribution in [-0.4, -0.2) is 10.9 Å². The molecule has 6 heteroatoms. The van der Waals surface area contributed by atoms with Crippen molar-refractivity contribution in [3.05, 3.63) is 59.4 Å². The van der Waals surface area contributed by atoms with Crippen LogP contribution in [0.5, 0.6) is 0 Å². The van der Waals surface area contributed by atoms with Crippen LogP contribution in [0, 0.1) is 0 Å². The summed E-state index contributed by atoms with van der Waals surface area (Å²) in [5.41, 5.74) is 9.68. The molecular weight excluding hydrogens is 321 g/mol. The highest BCUT2D eigenvalue weighted by molar-refractivity contribution is 5.94. The van der Waals surface area contributed by atoms with Gasteiger partial charge in [-0.3, -0.25) is 9.78 Å². The lowest BCUT2D eigenvalue weighted by atomic mass is 9.87. The fourth-order valence-electron chi connectivity index (χ4n) is 2.73. The van der Waals surface area contributed by atoms with Crippen LogP contribution in [-0.2, 0) is 6.42 Å². The Morgan fingerprint density at radius 3 is 2.64 bits per heavy atom.